The molecular weight excluding hydrogens is 599 g/mol. The zero-order valence-electron chi connectivity index (χ0n) is 26.3. The molecular formula is C46H31NS. The van der Waals surface area contributed by atoms with Crippen molar-refractivity contribution in [3.05, 3.63) is 188 Å². The number of nitrogens with zero attached hydrogens (tertiary/aromatic N) is 1. The van der Waals surface area contributed by atoms with E-state index in [4.69, 9.17) is 0 Å². The van der Waals surface area contributed by atoms with Gasteiger partial charge in [0.25, 0.3) is 0 Å². The van der Waals surface area contributed by atoms with E-state index < -0.39 is 0 Å². The Morgan fingerprint density at radius 2 is 0.938 bits per heavy atom. The summed E-state index contributed by atoms with van der Waals surface area (Å²) in [4.78, 5) is 2.47. The molecule has 0 unspecified atom stereocenters. The van der Waals surface area contributed by atoms with Crippen molar-refractivity contribution in [2.24, 2.45) is 0 Å². The molecule has 0 amide bonds. The Hall–Kier alpha value is -5.96. The van der Waals surface area contributed by atoms with Crippen molar-refractivity contribution in [1.29, 1.82) is 0 Å². The van der Waals surface area contributed by atoms with Gasteiger partial charge in [0, 0.05) is 31.4 Å². The molecule has 1 heterocycles. The second-order valence-corrected chi connectivity index (χ2v) is 13.2. The highest BCUT2D eigenvalue weighted by molar-refractivity contribution is 7.26. The number of benzene rings is 8. The molecule has 0 atom stereocenters. The van der Waals surface area contributed by atoms with Gasteiger partial charge in [0.15, 0.2) is 0 Å². The van der Waals surface area contributed by atoms with Gasteiger partial charge in [-0.05, 0) is 81.1 Å². The molecule has 9 rings (SSSR count). The van der Waals surface area contributed by atoms with Gasteiger partial charge in [-0.25, -0.2) is 0 Å². The van der Waals surface area contributed by atoms with Crippen LogP contribution >= 0.6 is 11.3 Å². The summed E-state index contributed by atoms with van der Waals surface area (Å²) in [7, 11) is 0. The fraction of sp³-hybridized carbons (Fsp3) is 0. The van der Waals surface area contributed by atoms with Gasteiger partial charge in [0.2, 0.25) is 0 Å². The van der Waals surface area contributed by atoms with Crippen LogP contribution in [-0.4, -0.2) is 0 Å². The Morgan fingerprint density at radius 3 is 1.85 bits per heavy atom. The molecule has 0 radical (unpaired) electrons. The maximum Gasteiger partial charge on any atom is 0.0555 e. The molecule has 0 aliphatic heterocycles. The average Bonchev–Trinajstić information content (AvgIpc) is 3.55. The lowest BCUT2D eigenvalue weighted by Crippen LogP contribution is -2.11. The van der Waals surface area contributed by atoms with Gasteiger partial charge >= 0.3 is 0 Å². The normalized spacial score (nSPS) is 11.3. The summed E-state index contributed by atoms with van der Waals surface area (Å²) in [5, 5.41) is 5.08. The molecule has 8 aromatic carbocycles. The van der Waals surface area contributed by atoms with Crippen LogP contribution in [0.1, 0.15) is 0 Å². The van der Waals surface area contributed by atoms with E-state index in [-0.39, 0.29) is 0 Å². The molecule has 0 spiro atoms. The third-order valence-electron chi connectivity index (χ3n) is 9.25. The highest BCUT2D eigenvalue weighted by Crippen LogP contribution is 2.48. The summed E-state index contributed by atoms with van der Waals surface area (Å²) < 4.78 is 2.59. The van der Waals surface area contributed by atoms with E-state index >= 15 is 0 Å². The molecule has 0 aliphatic carbocycles. The van der Waals surface area contributed by atoms with Crippen molar-refractivity contribution in [2.45, 2.75) is 0 Å². The number of rotatable bonds is 6. The van der Waals surface area contributed by atoms with E-state index in [9.17, 15) is 0 Å². The van der Waals surface area contributed by atoms with Crippen LogP contribution in [0.3, 0.4) is 0 Å². The Kier molecular flexibility index (Phi) is 7.07. The summed E-state index contributed by atoms with van der Waals surface area (Å²) in [5.74, 6) is 0. The van der Waals surface area contributed by atoms with Gasteiger partial charge in [-0.3, -0.25) is 0 Å². The Morgan fingerprint density at radius 1 is 0.354 bits per heavy atom. The highest BCUT2D eigenvalue weighted by atomic mass is 32.1. The minimum absolute atomic E-state index is 1.12. The average molecular weight is 630 g/mol. The van der Waals surface area contributed by atoms with Crippen LogP contribution in [0.5, 0.6) is 0 Å². The third kappa shape index (κ3) is 4.95. The monoisotopic (exact) mass is 629 g/mol. The SMILES string of the molecule is c1ccc(-c2cccc(N(c3ccccc3-c3cccc(-c4cccc5ccccc45)c3)c3cccc4sc5ccccc5c34)c2)cc1. The topological polar surface area (TPSA) is 3.24 Å². The number of thiophene rings is 1. The van der Waals surface area contributed by atoms with Crippen molar-refractivity contribution in [2.75, 3.05) is 4.90 Å². The smallest absolute Gasteiger partial charge is 0.0555 e. The second kappa shape index (κ2) is 12.0. The maximum atomic E-state index is 2.47. The standard InChI is InChI=1S/C46H31NS/c1-2-14-32(15-3-1)34-18-11-21-37(31-34)47(43-27-13-29-45-46(43)41-24-7-9-28-44(41)48-45)42-26-8-6-23-40(42)36-20-10-19-35(30-36)39-25-12-17-33-16-4-5-22-38(33)39/h1-31H. The van der Waals surface area contributed by atoms with Crippen LogP contribution in [-0.2, 0) is 0 Å². The Balaban J connectivity index is 1.28. The van der Waals surface area contributed by atoms with Crippen molar-refractivity contribution in [3.63, 3.8) is 0 Å². The molecule has 1 aromatic heterocycles. The summed E-state index contributed by atoms with van der Waals surface area (Å²) in [6.07, 6.45) is 0. The lowest BCUT2D eigenvalue weighted by Gasteiger charge is -2.29. The molecule has 2 heteroatoms. The zero-order valence-corrected chi connectivity index (χ0v) is 27.1. The van der Waals surface area contributed by atoms with Gasteiger partial charge in [0.1, 0.15) is 0 Å². The van der Waals surface area contributed by atoms with Crippen LogP contribution in [0.15, 0.2) is 188 Å². The molecule has 226 valence electrons. The van der Waals surface area contributed by atoms with Crippen molar-refractivity contribution in [3.8, 4) is 33.4 Å². The van der Waals surface area contributed by atoms with Crippen molar-refractivity contribution in [1.82, 2.24) is 0 Å². The van der Waals surface area contributed by atoms with E-state index in [0.717, 1.165) is 11.4 Å². The van der Waals surface area contributed by atoms with Crippen LogP contribution in [0.4, 0.5) is 17.1 Å². The van der Waals surface area contributed by atoms with Gasteiger partial charge in [-0.1, -0.05) is 146 Å². The summed E-state index contributed by atoms with van der Waals surface area (Å²) >= 11 is 1.86. The number of hydrogen-bond donors (Lipinski definition) is 0. The Labute approximate surface area is 284 Å². The first kappa shape index (κ1) is 28.3. The highest BCUT2D eigenvalue weighted by Gasteiger charge is 2.21. The molecule has 0 N–H and O–H groups in total. The lowest BCUT2D eigenvalue weighted by atomic mass is 9.94. The number of fused-ring (bicyclic) bond motifs is 4. The first-order valence-electron chi connectivity index (χ1n) is 16.4. The molecule has 1 nitrogen and oxygen atoms in total. The largest absolute Gasteiger partial charge is 0.309 e. The van der Waals surface area contributed by atoms with Crippen molar-refractivity contribution >= 4 is 59.3 Å². The Bertz CT molecular complexity index is 2570. The molecule has 0 saturated carbocycles. The number of hydrogen-bond acceptors (Lipinski definition) is 2. The van der Waals surface area contributed by atoms with Gasteiger partial charge in [-0.15, -0.1) is 11.3 Å². The van der Waals surface area contributed by atoms with Crippen molar-refractivity contribution < 1.29 is 0 Å². The predicted molar refractivity (Wildman–Crippen MR) is 208 cm³/mol. The first-order valence-corrected chi connectivity index (χ1v) is 17.2. The number of anilines is 3. The van der Waals surface area contributed by atoms with E-state index in [2.05, 4.69) is 193 Å². The van der Waals surface area contributed by atoms with Crippen LogP contribution < -0.4 is 4.90 Å². The van der Waals surface area contributed by atoms with Crippen LogP contribution in [0.2, 0.25) is 0 Å². The zero-order chi connectivity index (χ0) is 31.9. The third-order valence-corrected chi connectivity index (χ3v) is 10.4. The fourth-order valence-electron chi connectivity index (χ4n) is 7.05. The molecule has 48 heavy (non-hydrogen) atoms. The predicted octanol–water partition coefficient (Wildman–Crippen LogP) is 13.7. The van der Waals surface area contributed by atoms with Crippen LogP contribution in [0, 0.1) is 0 Å². The fourth-order valence-corrected chi connectivity index (χ4v) is 8.18. The first-order chi connectivity index (χ1) is 23.8. The molecule has 9 aromatic rings. The quantitative estimate of drug-likeness (QED) is 0.177. The molecule has 0 aliphatic rings. The van der Waals surface area contributed by atoms with Gasteiger partial charge in [0.05, 0.1) is 11.4 Å². The minimum atomic E-state index is 1.12. The second-order valence-electron chi connectivity index (χ2n) is 12.1. The minimum Gasteiger partial charge on any atom is -0.309 e. The van der Waals surface area contributed by atoms with E-state index in [1.165, 1.54) is 70.0 Å². The molecule has 0 saturated heterocycles. The molecule has 0 fully saturated rings. The number of para-hydroxylation sites is 1. The molecule has 0 bridgehead atoms. The van der Waals surface area contributed by atoms with Gasteiger partial charge < -0.3 is 4.90 Å². The van der Waals surface area contributed by atoms with Gasteiger partial charge in [-0.2, -0.15) is 0 Å². The van der Waals surface area contributed by atoms with E-state index in [0.29, 0.717) is 0 Å². The summed E-state index contributed by atoms with van der Waals surface area (Å²) in [6, 6.07) is 68.2. The maximum absolute atomic E-state index is 2.47. The summed E-state index contributed by atoms with van der Waals surface area (Å²) in [5.41, 5.74) is 10.6. The van der Waals surface area contributed by atoms with E-state index in [1.54, 1.807) is 0 Å². The van der Waals surface area contributed by atoms with E-state index in [1.807, 2.05) is 11.3 Å². The lowest BCUT2D eigenvalue weighted by molar-refractivity contribution is 1.30. The summed E-state index contributed by atoms with van der Waals surface area (Å²) in [6.45, 7) is 0. The van der Waals surface area contributed by atoms with Crippen LogP contribution in [0.25, 0.3) is 64.3 Å².